The zero-order valence-electron chi connectivity index (χ0n) is 24.0. The molecule has 0 unspecified atom stereocenters. The summed E-state index contributed by atoms with van der Waals surface area (Å²) < 4.78 is 2.22. The van der Waals surface area contributed by atoms with Crippen LogP contribution in [-0.2, 0) is 0 Å². The summed E-state index contributed by atoms with van der Waals surface area (Å²) in [5.41, 5.74) is 6.43. The van der Waals surface area contributed by atoms with Gasteiger partial charge < -0.3 is 10.0 Å². The highest BCUT2D eigenvalue weighted by Crippen LogP contribution is 2.42. The Morgan fingerprint density at radius 3 is 1.82 bits per heavy atom. The molecule has 1 aromatic heterocycles. The number of carbonyl (C=O) groups is 2. The van der Waals surface area contributed by atoms with Gasteiger partial charge in [0.2, 0.25) is 0 Å². The van der Waals surface area contributed by atoms with Crippen LogP contribution in [0, 0.1) is 0 Å². The maximum Gasteiger partial charge on any atom is 0.335 e. The molecule has 2 fully saturated rings. The van der Waals surface area contributed by atoms with Crippen LogP contribution >= 0.6 is 23.2 Å². The summed E-state index contributed by atoms with van der Waals surface area (Å²) in [6.07, 6.45) is 3.92. The van der Waals surface area contributed by atoms with Crippen molar-refractivity contribution in [3.63, 3.8) is 0 Å². The van der Waals surface area contributed by atoms with E-state index < -0.39 is 5.97 Å². The number of nitrogens with zero attached hydrogens (tertiary/aromatic N) is 3. The van der Waals surface area contributed by atoms with Crippen LogP contribution in [0.15, 0.2) is 91.0 Å². The highest BCUT2D eigenvalue weighted by molar-refractivity contribution is 6.30. The SMILES string of the molecule is O=C(O)c1ccc(C(=O)N2CCC(c3nn(C4CC4)c4ccc(C(c5ccc(Cl)cc5)c5ccc(Cl)cc5)cc34)CC2)cc1. The molecular formula is C36H31Cl2N3O3. The quantitative estimate of drug-likeness (QED) is 0.184. The fraction of sp³-hybridized carbons (Fsp3) is 0.250. The number of fused-ring (bicyclic) bond motifs is 1. The Labute approximate surface area is 265 Å². The number of halogens is 2. The molecule has 7 rings (SSSR count). The lowest BCUT2D eigenvalue weighted by Gasteiger charge is -2.31. The van der Waals surface area contributed by atoms with Gasteiger partial charge in [0.1, 0.15) is 0 Å². The van der Waals surface area contributed by atoms with Crippen molar-refractivity contribution in [2.24, 2.45) is 0 Å². The Morgan fingerprint density at radius 2 is 1.27 bits per heavy atom. The molecule has 0 atom stereocenters. The Bertz CT molecular complexity index is 1790. The third kappa shape index (κ3) is 5.60. The average Bonchev–Trinajstić information content (AvgIpc) is 3.83. The molecule has 0 spiro atoms. The molecule has 44 heavy (non-hydrogen) atoms. The Morgan fingerprint density at radius 1 is 0.727 bits per heavy atom. The highest BCUT2D eigenvalue weighted by Gasteiger charge is 2.32. The number of piperidine rings is 1. The van der Waals surface area contributed by atoms with E-state index in [1.165, 1.54) is 23.1 Å². The number of hydrogen-bond acceptors (Lipinski definition) is 3. The van der Waals surface area contributed by atoms with Crippen molar-refractivity contribution in [1.82, 2.24) is 14.7 Å². The zero-order valence-corrected chi connectivity index (χ0v) is 25.5. The van der Waals surface area contributed by atoms with Crippen molar-refractivity contribution in [2.45, 2.75) is 43.6 Å². The second-order valence-corrected chi connectivity index (χ2v) is 12.7. The lowest BCUT2D eigenvalue weighted by atomic mass is 9.84. The molecule has 4 aromatic carbocycles. The first kappa shape index (κ1) is 28.6. The largest absolute Gasteiger partial charge is 0.478 e. The normalized spacial score (nSPS) is 15.7. The molecule has 222 valence electrons. The molecule has 0 bridgehead atoms. The zero-order chi connectivity index (χ0) is 30.4. The summed E-state index contributed by atoms with van der Waals surface area (Å²) in [6.45, 7) is 1.25. The average molecular weight is 625 g/mol. The standard InChI is InChI=1S/C36H31Cl2N3O3/c37-28-10-5-22(6-11-28)33(23-7-12-29(38)13-8-23)27-9-16-32-31(21-27)34(39-41(32)30-14-15-30)24-17-19-40(20-18-24)35(42)25-1-3-26(4-2-25)36(43)44/h1-13,16,21,24,30,33H,14-15,17-20H2,(H,43,44). The molecule has 0 radical (unpaired) electrons. The number of hydrogen-bond donors (Lipinski definition) is 1. The molecule has 1 saturated carbocycles. The summed E-state index contributed by atoms with van der Waals surface area (Å²) in [7, 11) is 0. The van der Waals surface area contributed by atoms with E-state index in [1.54, 1.807) is 12.1 Å². The fourth-order valence-corrected chi connectivity index (χ4v) is 6.69. The van der Waals surface area contributed by atoms with Crippen LogP contribution in [0.1, 0.15) is 86.7 Å². The molecule has 1 saturated heterocycles. The van der Waals surface area contributed by atoms with Crippen molar-refractivity contribution in [2.75, 3.05) is 13.1 Å². The minimum absolute atomic E-state index is 0.00181. The first-order valence-electron chi connectivity index (χ1n) is 15.0. The summed E-state index contributed by atoms with van der Waals surface area (Å²) >= 11 is 12.5. The summed E-state index contributed by atoms with van der Waals surface area (Å²) in [5.74, 6) is -0.836. The van der Waals surface area contributed by atoms with Crippen LogP contribution in [-0.4, -0.2) is 44.8 Å². The van der Waals surface area contributed by atoms with Crippen molar-refractivity contribution in [3.8, 4) is 0 Å². The molecule has 1 aliphatic carbocycles. The smallest absolute Gasteiger partial charge is 0.335 e. The van der Waals surface area contributed by atoms with Crippen LogP contribution in [0.2, 0.25) is 10.0 Å². The van der Waals surface area contributed by atoms with Crippen LogP contribution in [0.25, 0.3) is 10.9 Å². The van der Waals surface area contributed by atoms with Gasteiger partial charge in [0.25, 0.3) is 5.91 Å². The highest BCUT2D eigenvalue weighted by atomic mass is 35.5. The fourth-order valence-electron chi connectivity index (χ4n) is 6.44. The van der Waals surface area contributed by atoms with Gasteiger partial charge in [-0.25, -0.2) is 4.79 Å². The Balaban J connectivity index is 1.20. The number of carbonyl (C=O) groups excluding carboxylic acids is 1. The molecule has 2 aliphatic rings. The first-order chi connectivity index (χ1) is 21.4. The minimum Gasteiger partial charge on any atom is -0.478 e. The van der Waals surface area contributed by atoms with Crippen LogP contribution in [0.4, 0.5) is 0 Å². The summed E-state index contributed by atoms with van der Waals surface area (Å²) in [4.78, 5) is 26.3. The van der Waals surface area contributed by atoms with E-state index in [9.17, 15) is 14.7 Å². The first-order valence-corrected chi connectivity index (χ1v) is 15.8. The van der Waals surface area contributed by atoms with E-state index >= 15 is 0 Å². The van der Waals surface area contributed by atoms with Gasteiger partial charge in [-0.3, -0.25) is 9.48 Å². The van der Waals surface area contributed by atoms with Crippen molar-refractivity contribution in [1.29, 1.82) is 0 Å². The van der Waals surface area contributed by atoms with Gasteiger partial charge in [-0.2, -0.15) is 5.10 Å². The van der Waals surface area contributed by atoms with E-state index in [4.69, 9.17) is 28.3 Å². The number of likely N-dealkylation sites (tertiary alicyclic amines) is 1. The maximum atomic E-state index is 13.2. The van der Waals surface area contributed by atoms with Gasteiger partial charge in [0.05, 0.1) is 22.8 Å². The van der Waals surface area contributed by atoms with Gasteiger partial charge >= 0.3 is 5.97 Å². The summed E-state index contributed by atoms with van der Waals surface area (Å²) in [5, 5.41) is 17.0. The van der Waals surface area contributed by atoms with Gasteiger partial charge in [0.15, 0.2) is 0 Å². The second-order valence-electron chi connectivity index (χ2n) is 11.8. The van der Waals surface area contributed by atoms with Crippen LogP contribution in [0.5, 0.6) is 0 Å². The minimum atomic E-state index is -1.00. The van der Waals surface area contributed by atoms with E-state index in [0.29, 0.717) is 34.7 Å². The van der Waals surface area contributed by atoms with Gasteiger partial charge in [-0.1, -0.05) is 53.5 Å². The molecule has 1 aliphatic heterocycles. The lowest BCUT2D eigenvalue weighted by Crippen LogP contribution is -2.38. The molecular weight excluding hydrogens is 593 g/mol. The molecule has 8 heteroatoms. The van der Waals surface area contributed by atoms with E-state index in [0.717, 1.165) is 48.0 Å². The molecule has 1 amide bonds. The van der Waals surface area contributed by atoms with Crippen molar-refractivity contribution >= 4 is 46.0 Å². The van der Waals surface area contributed by atoms with Gasteiger partial charge in [0, 0.05) is 45.9 Å². The lowest BCUT2D eigenvalue weighted by molar-refractivity contribution is 0.0689. The van der Waals surface area contributed by atoms with Crippen LogP contribution < -0.4 is 0 Å². The third-order valence-electron chi connectivity index (χ3n) is 8.94. The number of carboxylic acid groups (broad SMARTS) is 1. The van der Waals surface area contributed by atoms with Crippen molar-refractivity contribution < 1.29 is 14.7 Å². The topological polar surface area (TPSA) is 75.4 Å². The monoisotopic (exact) mass is 623 g/mol. The molecule has 2 heterocycles. The Kier molecular flexibility index (Phi) is 7.65. The maximum absolute atomic E-state index is 13.2. The number of amides is 1. The van der Waals surface area contributed by atoms with E-state index in [2.05, 4.69) is 47.1 Å². The summed E-state index contributed by atoms with van der Waals surface area (Å²) in [6, 6.07) is 29.4. The number of benzene rings is 4. The second kappa shape index (κ2) is 11.8. The number of carboxylic acids is 1. The molecule has 1 N–H and O–H groups in total. The van der Waals surface area contributed by atoms with Crippen molar-refractivity contribution in [3.05, 3.63) is 135 Å². The predicted octanol–water partition coefficient (Wildman–Crippen LogP) is 8.58. The molecule has 5 aromatic rings. The van der Waals surface area contributed by atoms with Gasteiger partial charge in [-0.05, 0) is 103 Å². The number of rotatable bonds is 7. The van der Waals surface area contributed by atoms with E-state index in [1.807, 2.05) is 29.2 Å². The predicted molar refractivity (Wildman–Crippen MR) is 173 cm³/mol. The Hall–Kier alpha value is -4.13. The molecule has 6 nitrogen and oxygen atoms in total. The van der Waals surface area contributed by atoms with E-state index in [-0.39, 0.29) is 23.3 Å². The third-order valence-corrected chi connectivity index (χ3v) is 9.44. The van der Waals surface area contributed by atoms with Crippen LogP contribution in [0.3, 0.4) is 0 Å². The van der Waals surface area contributed by atoms with Gasteiger partial charge in [-0.15, -0.1) is 0 Å². The number of aromatic carboxylic acids is 1. The number of aromatic nitrogens is 2.